The van der Waals surface area contributed by atoms with Crippen LogP contribution in [0.1, 0.15) is 16.9 Å². The summed E-state index contributed by atoms with van der Waals surface area (Å²) in [5, 5.41) is 0.665. The van der Waals surface area contributed by atoms with Crippen molar-refractivity contribution in [2.24, 2.45) is 5.92 Å². The SMILES string of the molecule is CN(Cc1cnc(N)s1)CC1CCN(Cc2ccccc2)C1. The van der Waals surface area contributed by atoms with E-state index in [4.69, 9.17) is 5.73 Å². The van der Waals surface area contributed by atoms with Gasteiger partial charge in [-0.05, 0) is 31.5 Å². The molecule has 1 saturated heterocycles. The molecule has 118 valence electrons. The molecule has 1 fully saturated rings. The highest BCUT2D eigenvalue weighted by molar-refractivity contribution is 7.15. The van der Waals surface area contributed by atoms with Crippen molar-refractivity contribution in [1.29, 1.82) is 0 Å². The number of likely N-dealkylation sites (tertiary alicyclic amines) is 1. The smallest absolute Gasteiger partial charge is 0.180 e. The Balaban J connectivity index is 1.44. The zero-order chi connectivity index (χ0) is 15.4. The quantitative estimate of drug-likeness (QED) is 0.890. The molecule has 1 unspecified atom stereocenters. The van der Waals surface area contributed by atoms with E-state index in [2.05, 4.69) is 52.2 Å². The summed E-state index contributed by atoms with van der Waals surface area (Å²) in [6.45, 7) is 5.57. The second-order valence-electron chi connectivity index (χ2n) is 6.24. The lowest BCUT2D eigenvalue weighted by molar-refractivity contribution is 0.256. The molecule has 2 aromatic rings. The number of thiazole rings is 1. The Labute approximate surface area is 136 Å². The summed E-state index contributed by atoms with van der Waals surface area (Å²) in [7, 11) is 2.19. The highest BCUT2D eigenvalue weighted by Crippen LogP contribution is 2.21. The fourth-order valence-corrected chi connectivity index (χ4v) is 3.98. The van der Waals surface area contributed by atoms with Crippen molar-refractivity contribution < 1.29 is 0 Å². The molecular weight excluding hydrogens is 292 g/mol. The number of nitrogen functional groups attached to an aromatic ring is 1. The van der Waals surface area contributed by atoms with E-state index in [1.165, 1.54) is 30.0 Å². The van der Waals surface area contributed by atoms with Crippen LogP contribution in [0.3, 0.4) is 0 Å². The molecule has 5 heteroatoms. The fourth-order valence-electron chi connectivity index (χ4n) is 3.21. The number of benzene rings is 1. The van der Waals surface area contributed by atoms with E-state index in [1.807, 2.05) is 6.20 Å². The van der Waals surface area contributed by atoms with Crippen molar-refractivity contribution in [3.8, 4) is 0 Å². The van der Waals surface area contributed by atoms with Gasteiger partial charge in [-0.15, -0.1) is 11.3 Å². The first kappa shape index (κ1) is 15.5. The van der Waals surface area contributed by atoms with Gasteiger partial charge in [0, 0.05) is 37.3 Å². The van der Waals surface area contributed by atoms with Crippen LogP contribution < -0.4 is 5.73 Å². The minimum Gasteiger partial charge on any atom is -0.375 e. The van der Waals surface area contributed by atoms with Gasteiger partial charge in [0.2, 0.25) is 0 Å². The summed E-state index contributed by atoms with van der Waals surface area (Å²) >= 11 is 1.59. The van der Waals surface area contributed by atoms with E-state index < -0.39 is 0 Å². The number of rotatable bonds is 6. The van der Waals surface area contributed by atoms with Crippen LogP contribution in [0.2, 0.25) is 0 Å². The van der Waals surface area contributed by atoms with Crippen molar-refractivity contribution in [3.63, 3.8) is 0 Å². The molecule has 1 aliphatic heterocycles. The van der Waals surface area contributed by atoms with Crippen molar-refractivity contribution in [2.75, 3.05) is 32.4 Å². The Hall–Kier alpha value is -1.43. The molecule has 1 aliphatic rings. The Morgan fingerprint density at radius 1 is 1.36 bits per heavy atom. The monoisotopic (exact) mass is 316 g/mol. The first-order valence-electron chi connectivity index (χ1n) is 7.84. The zero-order valence-electron chi connectivity index (χ0n) is 13.1. The number of hydrogen-bond acceptors (Lipinski definition) is 5. The van der Waals surface area contributed by atoms with E-state index in [0.717, 1.165) is 25.6 Å². The van der Waals surface area contributed by atoms with E-state index in [1.54, 1.807) is 11.3 Å². The van der Waals surface area contributed by atoms with Crippen LogP contribution in [0.4, 0.5) is 5.13 Å². The standard InChI is InChI=1S/C17H24N4S/c1-20(13-16-9-19-17(18)22-16)10-15-7-8-21(12-15)11-14-5-3-2-4-6-14/h2-6,9,15H,7-8,10-13H2,1H3,(H2,18,19). The minimum absolute atomic E-state index is 0.665. The average Bonchev–Trinajstić information content (AvgIpc) is 3.09. The number of nitrogens with zero attached hydrogens (tertiary/aromatic N) is 3. The van der Waals surface area contributed by atoms with Crippen molar-refractivity contribution in [3.05, 3.63) is 47.0 Å². The maximum absolute atomic E-state index is 5.69. The Bertz CT molecular complexity index is 583. The Kier molecular flexibility index (Phi) is 5.08. The van der Waals surface area contributed by atoms with E-state index in [-0.39, 0.29) is 0 Å². The van der Waals surface area contributed by atoms with Gasteiger partial charge in [0.15, 0.2) is 5.13 Å². The lowest BCUT2D eigenvalue weighted by atomic mass is 10.1. The predicted octanol–water partition coefficient (Wildman–Crippen LogP) is 2.68. The third-order valence-electron chi connectivity index (χ3n) is 4.19. The fraction of sp³-hybridized carbons (Fsp3) is 0.471. The molecule has 2 N–H and O–H groups in total. The molecule has 4 nitrogen and oxygen atoms in total. The van der Waals surface area contributed by atoms with Gasteiger partial charge in [-0.25, -0.2) is 4.98 Å². The molecule has 2 heterocycles. The molecule has 1 atom stereocenters. The second kappa shape index (κ2) is 7.22. The summed E-state index contributed by atoms with van der Waals surface area (Å²) in [5.41, 5.74) is 7.11. The van der Waals surface area contributed by atoms with Crippen LogP contribution in [0.25, 0.3) is 0 Å². The normalized spacial score (nSPS) is 19.1. The van der Waals surface area contributed by atoms with Crippen LogP contribution in [0.5, 0.6) is 0 Å². The molecule has 0 aliphatic carbocycles. The third-order valence-corrected chi connectivity index (χ3v) is 5.00. The van der Waals surface area contributed by atoms with Crippen molar-refractivity contribution in [1.82, 2.24) is 14.8 Å². The predicted molar refractivity (Wildman–Crippen MR) is 92.7 cm³/mol. The summed E-state index contributed by atoms with van der Waals surface area (Å²) in [6, 6.07) is 10.8. The molecule has 22 heavy (non-hydrogen) atoms. The molecule has 0 amide bonds. The van der Waals surface area contributed by atoms with Gasteiger partial charge in [0.05, 0.1) is 0 Å². The first-order valence-corrected chi connectivity index (χ1v) is 8.65. The third kappa shape index (κ3) is 4.29. The second-order valence-corrected chi connectivity index (χ2v) is 7.38. The van der Waals surface area contributed by atoms with Crippen LogP contribution >= 0.6 is 11.3 Å². The summed E-state index contributed by atoms with van der Waals surface area (Å²) < 4.78 is 0. The summed E-state index contributed by atoms with van der Waals surface area (Å²) in [5.74, 6) is 0.763. The molecule has 0 radical (unpaired) electrons. The summed E-state index contributed by atoms with van der Waals surface area (Å²) in [6.07, 6.45) is 3.19. The highest BCUT2D eigenvalue weighted by atomic mass is 32.1. The number of nitrogens with two attached hydrogens (primary N) is 1. The highest BCUT2D eigenvalue weighted by Gasteiger charge is 2.23. The van der Waals surface area contributed by atoms with Crippen molar-refractivity contribution >= 4 is 16.5 Å². The van der Waals surface area contributed by atoms with Gasteiger partial charge >= 0.3 is 0 Å². The van der Waals surface area contributed by atoms with Crippen LogP contribution in [0.15, 0.2) is 36.5 Å². The van der Waals surface area contributed by atoms with E-state index in [9.17, 15) is 0 Å². The molecule has 0 spiro atoms. The van der Waals surface area contributed by atoms with Crippen LogP contribution in [-0.2, 0) is 13.1 Å². The van der Waals surface area contributed by atoms with Crippen LogP contribution in [0, 0.1) is 5.92 Å². The first-order chi connectivity index (χ1) is 10.7. The van der Waals surface area contributed by atoms with Gasteiger partial charge in [-0.2, -0.15) is 0 Å². The van der Waals surface area contributed by atoms with Crippen molar-refractivity contribution in [2.45, 2.75) is 19.5 Å². The maximum Gasteiger partial charge on any atom is 0.180 e. The van der Waals surface area contributed by atoms with Gasteiger partial charge in [0.1, 0.15) is 0 Å². The maximum atomic E-state index is 5.69. The average molecular weight is 316 g/mol. The molecule has 3 rings (SSSR count). The molecule has 1 aromatic carbocycles. The van der Waals surface area contributed by atoms with Gasteiger partial charge in [-0.1, -0.05) is 30.3 Å². The molecule has 0 saturated carbocycles. The Morgan fingerprint density at radius 3 is 2.91 bits per heavy atom. The number of aromatic nitrogens is 1. The molecular formula is C17H24N4S. The van der Waals surface area contributed by atoms with Gasteiger partial charge in [-0.3, -0.25) is 4.90 Å². The van der Waals surface area contributed by atoms with E-state index >= 15 is 0 Å². The van der Waals surface area contributed by atoms with E-state index in [0.29, 0.717) is 5.13 Å². The van der Waals surface area contributed by atoms with Crippen LogP contribution in [-0.4, -0.2) is 41.5 Å². The molecule has 1 aromatic heterocycles. The summed E-state index contributed by atoms with van der Waals surface area (Å²) in [4.78, 5) is 10.3. The van der Waals surface area contributed by atoms with Gasteiger partial charge < -0.3 is 10.6 Å². The number of hydrogen-bond donors (Lipinski definition) is 1. The Morgan fingerprint density at radius 2 is 2.18 bits per heavy atom. The number of anilines is 1. The zero-order valence-corrected chi connectivity index (χ0v) is 13.9. The lowest BCUT2D eigenvalue weighted by Crippen LogP contribution is -2.27. The van der Waals surface area contributed by atoms with Gasteiger partial charge in [0.25, 0.3) is 0 Å². The largest absolute Gasteiger partial charge is 0.375 e. The molecule has 0 bridgehead atoms. The lowest BCUT2D eigenvalue weighted by Gasteiger charge is -2.21. The topological polar surface area (TPSA) is 45.4 Å². The minimum atomic E-state index is 0.665.